The number of para-hydroxylation sites is 2. The van der Waals surface area contributed by atoms with Gasteiger partial charge in [0.1, 0.15) is 12.1 Å². The fraction of sp³-hybridized carbons (Fsp3) is 0. The van der Waals surface area contributed by atoms with Crippen LogP contribution in [0.15, 0.2) is 54.9 Å². The minimum Gasteiger partial charge on any atom is -0.299 e. The Morgan fingerprint density at radius 3 is 2.50 bits per heavy atom. The van der Waals surface area contributed by atoms with Gasteiger partial charge in [0.2, 0.25) is 0 Å². The smallest absolute Gasteiger partial charge is 0.123 e. The molecular weight excluding hydrogens is 203 g/mol. The van der Waals surface area contributed by atoms with Crippen LogP contribution in [0.2, 0.25) is 0 Å². The highest BCUT2D eigenvalue weighted by molar-refractivity contribution is 5.77. The third kappa shape index (κ3) is 1.37. The first-order valence-electron chi connectivity index (χ1n) is 5.02. The van der Waals surface area contributed by atoms with Gasteiger partial charge in [0.15, 0.2) is 0 Å². The lowest BCUT2D eigenvalue weighted by molar-refractivity contribution is 0.627. The summed E-state index contributed by atoms with van der Waals surface area (Å²) in [6, 6.07) is 14.2. The second kappa shape index (κ2) is 3.45. The van der Waals surface area contributed by atoms with Crippen LogP contribution >= 0.6 is 0 Å². The van der Waals surface area contributed by atoms with E-state index in [1.807, 2.05) is 28.8 Å². The zero-order valence-electron chi connectivity index (χ0n) is 8.47. The Morgan fingerprint density at radius 2 is 1.69 bits per heavy atom. The number of rotatable bonds is 1. The van der Waals surface area contributed by atoms with E-state index in [0.29, 0.717) is 0 Å². The maximum absolute atomic E-state index is 12.8. The lowest BCUT2D eigenvalue weighted by Crippen LogP contribution is -1.91. The molecular formula is C13H9FN2. The van der Waals surface area contributed by atoms with Gasteiger partial charge in [-0.25, -0.2) is 9.37 Å². The van der Waals surface area contributed by atoms with Crippen LogP contribution in [-0.2, 0) is 0 Å². The number of nitrogens with zero attached hydrogens (tertiary/aromatic N) is 2. The number of hydrogen-bond acceptors (Lipinski definition) is 1. The van der Waals surface area contributed by atoms with E-state index in [1.54, 1.807) is 18.5 Å². The normalized spacial score (nSPS) is 10.8. The van der Waals surface area contributed by atoms with Crippen molar-refractivity contribution in [2.24, 2.45) is 0 Å². The highest BCUT2D eigenvalue weighted by atomic mass is 19.1. The molecule has 0 radical (unpaired) electrons. The average Bonchev–Trinajstić information content (AvgIpc) is 2.74. The molecule has 16 heavy (non-hydrogen) atoms. The van der Waals surface area contributed by atoms with Crippen molar-refractivity contribution < 1.29 is 4.39 Å². The van der Waals surface area contributed by atoms with Gasteiger partial charge in [-0.15, -0.1) is 0 Å². The molecule has 3 aromatic rings. The first kappa shape index (κ1) is 9.09. The van der Waals surface area contributed by atoms with Gasteiger partial charge < -0.3 is 0 Å². The molecule has 1 aromatic heterocycles. The SMILES string of the molecule is Fc1ccc(-n2cnc3ccccc32)cc1. The maximum Gasteiger partial charge on any atom is 0.123 e. The fourth-order valence-electron chi connectivity index (χ4n) is 1.77. The quantitative estimate of drug-likeness (QED) is 0.605. The number of benzene rings is 2. The van der Waals surface area contributed by atoms with Gasteiger partial charge in [-0.3, -0.25) is 4.57 Å². The van der Waals surface area contributed by atoms with Crippen LogP contribution in [0.1, 0.15) is 0 Å². The molecule has 0 saturated carbocycles. The van der Waals surface area contributed by atoms with E-state index in [9.17, 15) is 4.39 Å². The predicted octanol–water partition coefficient (Wildman–Crippen LogP) is 3.16. The molecule has 2 aromatic carbocycles. The Balaban J connectivity index is 2.22. The van der Waals surface area contributed by atoms with Crippen LogP contribution in [0.25, 0.3) is 16.7 Å². The van der Waals surface area contributed by atoms with Gasteiger partial charge in [0.25, 0.3) is 0 Å². The molecule has 3 rings (SSSR count). The highest BCUT2D eigenvalue weighted by Crippen LogP contribution is 2.17. The summed E-state index contributed by atoms with van der Waals surface area (Å²) in [5.74, 6) is -0.229. The summed E-state index contributed by atoms with van der Waals surface area (Å²) in [6.07, 6.45) is 1.75. The zero-order chi connectivity index (χ0) is 11.0. The molecule has 1 heterocycles. The van der Waals surface area contributed by atoms with Crippen molar-refractivity contribution in [1.29, 1.82) is 0 Å². The Kier molecular flexibility index (Phi) is 1.96. The monoisotopic (exact) mass is 212 g/mol. The van der Waals surface area contributed by atoms with E-state index >= 15 is 0 Å². The second-order valence-electron chi connectivity index (χ2n) is 3.58. The predicted molar refractivity (Wildman–Crippen MR) is 61.0 cm³/mol. The van der Waals surface area contributed by atoms with Gasteiger partial charge >= 0.3 is 0 Å². The van der Waals surface area contributed by atoms with Crippen LogP contribution < -0.4 is 0 Å². The van der Waals surface area contributed by atoms with Gasteiger partial charge in [-0.05, 0) is 36.4 Å². The van der Waals surface area contributed by atoms with E-state index in [-0.39, 0.29) is 5.82 Å². The van der Waals surface area contributed by atoms with E-state index in [0.717, 1.165) is 16.7 Å². The summed E-state index contributed by atoms with van der Waals surface area (Å²) in [7, 11) is 0. The fourth-order valence-corrected chi connectivity index (χ4v) is 1.77. The number of fused-ring (bicyclic) bond motifs is 1. The molecule has 78 valence electrons. The number of aromatic nitrogens is 2. The minimum atomic E-state index is -0.229. The van der Waals surface area contributed by atoms with Crippen molar-refractivity contribution in [3.05, 3.63) is 60.7 Å². The van der Waals surface area contributed by atoms with E-state index in [2.05, 4.69) is 4.98 Å². The second-order valence-corrected chi connectivity index (χ2v) is 3.58. The highest BCUT2D eigenvalue weighted by Gasteiger charge is 2.03. The molecule has 0 aliphatic rings. The molecule has 0 saturated heterocycles. The molecule has 0 bridgehead atoms. The van der Waals surface area contributed by atoms with Crippen LogP contribution in [0.5, 0.6) is 0 Å². The topological polar surface area (TPSA) is 17.8 Å². The Hall–Kier alpha value is -2.16. The van der Waals surface area contributed by atoms with Crippen LogP contribution in [0, 0.1) is 5.82 Å². The molecule has 0 N–H and O–H groups in total. The summed E-state index contributed by atoms with van der Waals surface area (Å²) in [6.45, 7) is 0. The van der Waals surface area contributed by atoms with Crippen molar-refractivity contribution in [2.45, 2.75) is 0 Å². The van der Waals surface area contributed by atoms with Crippen molar-refractivity contribution in [2.75, 3.05) is 0 Å². The molecule has 0 unspecified atom stereocenters. The molecule has 3 heteroatoms. The lowest BCUT2D eigenvalue weighted by atomic mass is 10.3. The van der Waals surface area contributed by atoms with E-state index in [1.165, 1.54) is 12.1 Å². The zero-order valence-corrected chi connectivity index (χ0v) is 8.47. The lowest BCUT2D eigenvalue weighted by Gasteiger charge is -2.03. The standard InChI is InChI=1S/C13H9FN2/c14-10-5-7-11(8-6-10)16-9-15-12-3-1-2-4-13(12)16/h1-9H. The summed E-state index contributed by atoms with van der Waals surface area (Å²) in [5.41, 5.74) is 2.87. The van der Waals surface area contributed by atoms with Crippen LogP contribution in [0.4, 0.5) is 4.39 Å². The number of halogens is 1. The third-order valence-corrected chi connectivity index (χ3v) is 2.56. The maximum atomic E-state index is 12.8. The molecule has 0 amide bonds. The molecule has 0 aliphatic carbocycles. The number of hydrogen-bond donors (Lipinski definition) is 0. The first-order chi connectivity index (χ1) is 7.84. The Labute approximate surface area is 92.0 Å². The summed E-state index contributed by atoms with van der Waals surface area (Å²) < 4.78 is 14.8. The molecule has 0 atom stereocenters. The van der Waals surface area contributed by atoms with Gasteiger partial charge in [0, 0.05) is 5.69 Å². The van der Waals surface area contributed by atoms with Crippen molar-refractivity contribution >= 4 is 11.0 Å². The van der Waals surface area contributed by atoms with Gasteiger partial charge in [0.05, 0.1) is 11.0 Å². The third-order valence-electron chi connectivity index (χ3n) is 2.56. The summed E-state index contributed by atoms with van der Waals surface area (Å²) in [4.78, 5) is 4.29. The van der Waals surface area contributed by atoms with Gasteiger partial charge in [-0.1, -0.05) is 12.1 Å². The Morgan fingerprint density at radius 1 is 0.938 bits per heavy atom. The van der Waals surface area contributed by atoms with Crippen molar-refractivity contribution in [3.8, 4) is 5.69 Å². The summed E-state index contributed by atoms with van der Waals surface area (Å²) >= 11 is 0. The average molecular weight is 212 g/mol. The van der Waals surface area contributed by atoms with Gasteiger partial charge in [-0.2, -0.15) is 0 Å². The van der Waals surface area contributed by atoms with Crippen molar-refractivity contribution in [1.82, 2.24) is 9.55 Å². The molecule has 0 fully saturated rings. The first-order valence-corrected chi connectivity index (χ1v) is 5.02. The van der Waals surface area contributed by atoms with Crippen LogP contribution in [0.3, 0.4) is 0 Å². The molecule has 0 spiro atoms. The van der Waals surface area contributed by atoms with E-state index < -0.39 is 0 Å². The van der Waals surface area contributed by atoms with Crippen LogP contribution in [-0.4, -0.2) is 9.55 Å². The molecule has 2 nitrogen and oxygen atoms in total. The van der Waals surface area contributed by atoms with E-state index in [4.69, 9.17) is 0 Å². The largest absolute Gasteiger partial charge is 0.299 e. The minimum absolute atomic E-state index is 0.229. The summed E-state index contributed by atoms with van der Waals surface area (Å²) in [5, 5.41) is 0. The van der Waals surface area contributed by atoms with Crippen molar-refractivity contribution in [3.63, 3.8) is 0 Å². The number of imidazole rings is 1. The Bertz CT molecular complexity index is 626. The molecule has 0 aliphatic heterocycles.